The van der Waals surface area contributed by atoms with E-state index in [1.165, 1.54) is 4.68 Å². The van der Waals surface area contributed by atoms with Crippen molar-refractivity contribution in [2.24, 2.45) is 0 Å². The van der Waals surface area contributed by atoms with E-state index in [9.17, 15) is 9.59 Å². The third-order valence-electron chi connectivity index (χ3n) is 5.90. The number of hydrogen-bond donors (Lipinski definition) is 0. The maximum atomic E-state index is 13.1. The molecule has 1 fully saturated rings. The second-order valence-electron chi connectivity index (χ2n) is 7.87. The SMILES string of the molecule is CC[C@@H]1CCCCN1C(=O)Cn1nc(-c2ccc(C)cc2)c2ccccc2c1=O. The summed E-state index contributed by atoms with van der Waals surface area (Å²) in [6.45, 7) is 4.91. The number of nitrogens with zero attached hydrogens (tertiary/aromatic N) is 3. The molecule has 0 aliphatic carbocycles. The number of amides is 1. The van der Waals surface area contributed by atoms with Gasteiger partial charge in [-0.25, -0.2) is 4.68 Å². The van der Waals surface area contributed by atoms with Crippen molar-refractivity contribution in [3.05, 3.63) is 64.4 Å². The normalized spacial score (nSPS) is 16.9. The van der Waals surface area contributed by atoms with Gasteiger partial charge in [0.2, 0.25) is 5.91 Å². The van der Waals surface area contributed by atoms with Crippen LogP contribution in [0.3, 0.4) is 0 Å². The molecule has 5 heteroatoms. The summed E-state index contributed by atoms with van der Waals surface area (Å²) in [6.07, 6.45) is 4.17. The van der Waals surface area contributed by atoms with Crippen LogP contribution in [0, 0.1) is 6.92 Å². The largest absolute Gasteiger partial charge is 0.338 e. The van der Waals surface area contributed by atoms with Crippen LogP contribution in [0.4, 0.5) is 0 Å². The lowest BCUT2D eigenvalue weighted by molar-refractivity contribution is -0.135. The number of fused-ring (bicyclic) bond motifs is 1. The first-order valence-corrected chi connectivity index (χ1v) is 10.4. The van der Waals surface area contributed by atoms with Gasteiger partial charge in [0.15, 0.2) is 0 Å². The van der Waals surface area contributed by atoms with Crippen molar-refractivity contribution in [2.75, 3.05) is 6.54 Å². The molecule has 4 rings (SSSR count). The van der Waals surface area contributed by atoms with E-state index in [1.54, 1.807) is 0 Å². The summed E-state index contributed by atoms with van der Waals surface area (Å²) in [5, 5.41) is 6.05. The van der Waals surface area contributed by atoms with Crippen molar-refractivity contribution in [3.63, 3.8) is 0 Å². The van der Waals surface area contributed by atoms with Gasteiger partial charge in [-0.2, -0.15) is 5.10 Å². The summed E-state index contributed by atoms with van der Waals surface area (Å²) in [7, 11) is 0. The highest BCUT2D eigenvalue weighted by atomic mass is 16.2. The van der Waals surface area contributed by atoms with Gasteiger partial charge in [-0.1, -0.05) is 55.0 Å². The van der Waals surface area contributed by atoms with Crippen molar-refractivity contribution >= 4 is 16.7 Å². The smallest absolute Gasteiger partial charge is 0.275 e. The van der Waals surface area contributed by atoms with Gasteiger partial charge in [-0.05, 0) is 38.7 Å². The summed E-state index contributed by atoms with van der Waals surface area (Å²) < 4.78 is 1.35. The van der Waals surface area contributed by atoms with Crippen molar-refractivity contribution in [1.82, 2.24) is 14.7 Å². The highest BCUT2D eigenvalue weighted by Gasteiger charge is 2.26. The number of hydrogen-bond acceptors (Lipinski definition) is 3. The molecule has 1 atom stereocenters. The number of likely N-dealkylation sites (tertiary alicyclic amines) is 1. The predicted molar refractivity (Wildman–Crippen MR) is 116 cm³/mol. The minimum Gasteiger partial charge on any atom is -0.338 e. The minimum atomic E-state index is -0.213. The molecule has 1 aliphatic rings. The first-order valence-electron chi connectivity index (χ1n) is 10.4. The first-order chi connectivity index (χ1) is 14.1. The Labute approximate surface area is 171 Å². The van der Waals surface area contributed by atoms with E-state index in [1.807, 2.05) is 60.4 Å². The second kappa shape index (κ2) is 8.19. The van der Waals surface area contributed by atoms with Gasteiger partial charge in [0, 0.05) is 23.5 Å². The lowest BCUT2D eigenvalue weighted by Gasteiger charge is -2.35. The summed E-state index contributed by atoms with van der Waals surface area (Å²) in [5.74, 6) is -0.0173. The standard InChI is InChI=1S/C24H27N3O2/c1-3-19-8-6-7-15-26(19)22(28)16-27-24(29)21-10-5-4-9-20(21)23(25-27)18-13-11-17(2)12-14-18/h4-5,9-14,19H,3,6-8,15-16H2,1-2H3/t19-/m1/s1. The van der Waals surface area contributed by atoms with Gasteiger partial charge in [0.1, 0.15) is 6.54 Å². The maximum absolute atomic E-state index is 13.1. The number of rotatable bonds is 4. The van der Waals surface area contributed by atoms with Gasteiger partial charge < -0.3 is 4.90 Å². The Morgan fingerprint density at radius 1 is 1.07 bits per heavy atom. The van der Waals surface area contributed by atoms with E-state index in [0.717, 1.165) is 54.4 Å². The van der Waals surface area contributed by atoms with Crippen molar-refractivity contribution in [1.29, 1.82) is 0 Å². The summed E-state index contributed by atoms with van der Waals surface area (Å²) in [6, 6.07) is 15.9. The number of benzene rings is 2. The number of aryl methyl sites for hydroxylation is 1. The molecule has 2 heterocycles. The molecule has 1 aliphatic heterocycles. The van der Waals surface area contributed by atoms with E-state index < -0.39 is 0 Å². The molecule has 29 heavy (non-hydrogen) atoms. The zero-order valence-electron chi connectivity index (χ0n) is 17.1. The highest BCUT2D eigenvalue weighted by Crippen LogP contribution is 2.25. The lowest BCUT2D eigenvalue weighted by Crippen LogP contribution is -2.46. The number of aromatic nitrogens is 2. The van der Waals surface area contributed by atoms with Crippen LogP contribution in [-0.4, -0.2) is 33.2 Å². The van der Waals surface area contributed by atoms with E-state index in [0.29, 0.717) is 5.39 Å². The van der Waals surface area contributed by atoms with Crippen LogP contribution < -0.4 is 5.56 Å². The number of carbonyl (C=O) groups excluding carboxylic acids is 1. The monoisotopic (exact) mass is 389 g/mol. The molecule has 5 nitrogen and oxygen atoms in total. The molecule has 0 saturated carbocycles. The third-order valence-corrected chi connectivity index (χ3v) is 5.90. The van der Waals surface area contributed by atoms with E-state index in [2.05, 4.69) is 12.0 Å². The molecule has 0 spiro atoms. The predicted octanol–water partition coefficient (Wildman–Crippen LogP) is 4.16. The van der Waals surface area contributed by atoms with Gasteiger partial charge in [0.25, 0.3) is 5.56 Å². The molecule has 0 radical (unpaired) electrons. The fraction of sp³-hybridized carbons (Fsp3) is 0.375. The van der Waals surface area contributed by atoms with Gasteiger partial charge in [-0.15, -0.1) is 0 Å². The van der Waals surface area contributed by atoms with E-state index >= 15 is 0 Å². The van der Waals surface area contributed by atoms with Gasteiger partial charge >= 0.3 is 0 Å². The molecular formula is C24H27N3O2. The Balaban J connectivity index is 1.76. The summed E-state index contributed by atoms with van der Waals surface area (Å²) in [4.78, 5) is 28.1. The Bertz CT molecular complexity index is 1090. The highest BCUT2D eigenvalue weighted by molar-refractivity contribution is 5.93. The Morgan fingerprint density at radius 3 is 2.52 bits per heavy atom. The van der Waals surface area contributed by atoms with Crippen LogP contribution in [0.25, 0.3) is 22.0 Å². The molecule has 2 aromatic carbocycles. The molecular weight excluding hydrogens is 362 g/mol. The minimum absolute atomic E-state index is 0.0149. The zero-order chi connectivity index (χ0) is 20.4. The zero-order valence-corrected chi connectivity index (χ0v) is 17.1. The number of carbonyl (C=O) groups is 1. The molecule has 1 aromatic heterocycles. The number of piperidine rings is 1. The summed E-state index contributed by atoms with van der Waals surface area (Å²) >= 11 is 0. The fourth-order valence-corrected chi connectivity index (χ4v) is 4.24. The van der Waals surface area contributed by atoms with Crippen LogP contribution in [0.15, 0.2) is 53.3 Å². The quantitative estimate of drug-likeness (QED) is 0.673. The average molecular weight is 389 g/mol. The Morgan fingerprint density at radius 2 is 1.79 bits per heavy atom. The van der Waals surface area contributed by atoms with Crippen LogP contribution in [0.2, 0.25) is 0 Å². The summed E-state index contributed by atoms with van der Waals surface area (Å²) in [5.41, 5.74) is 2.63. The van der Waals surface area contributed by atoms with Crippen molar-refractivity contribution in [3.8, 4) is 11.3 Å². The topological polar surface area (TPSA) is 55.2 Å². The maximum Gasteiger partial charge on any atom is 0.275 e. The van der Waals surface area contributed by atoms with Crippen LogP contribution in [-0.2, 0) is 11.3 Å². The third kappa shape index (κ3) is 3.82. The molecule has 0 unspecified atom stereocenters. The van der Waals surface area contributed by atoms with Crippen LogP contribution in [0.1, 0.15) is 38.2 Å². The van der Waals surface area contributed by atoms with Gasteiger partial charge in [0.05, 0.1) is 11.1 Å². The Kier molecular flexibility index (Phi) is 5.47. The van der Waals surface area contributed by atoms with Crippen LogP contribution in [0.5, 0.6) is 0 Å². The van der Waals surface area contributed by atoms with Crippen LogP contribution >= 0.6 is 0 Å². The van der Waals surface area contributed by atoms with E-state index in [-0.39, 0.29) is 24.1 Å². The second-order valence-corrected chi connectivity index (χ2v) is 7.87. The van der Waals surface area contributed by atoms with Gasteiger partial charge in [-0.3, -0.25) is 9.59 Å². The Hall–Kier alpha value is -2.95. The molecule has 0 bridgehead atoms. The molecule has 3 aromatic rings. The first kappa shape index (κ1) is 19.4. The molecule has 150 valence electrons. The fourth-order valence-electron chi connectivity index (χ4n) is 4.24. The average Bonchev–Trinajstić information content (AvgIpc) is 2.76. The lowest BCUT2D eigenvalue weighted by atomic mass is 10.00. The van der Waals surface area contributed by atoms with E-state index in [4.69, 9.17) is 0 Å². The molecule has 0 N–H and O–H groups in total. The molecule has 1 amide bonds. The molecule has 1 saturated heterocycles. The van der Waals surface area contributed by atoms with Crippen molar-refractivity contribution in [2.45, 2.75) is 52.1 Å². The van der Waals surface area contributed by atoms with Crippen molar-refractivity contribution < 1.29 is 4.79 Å².